The fourth-order valence-corrected chi connectivity index (χ4v) is 0.643. The van der Waals surface area contributed by atoms with Crippen molar-refractivity contribution in [1.82, 2.24) is 0 Å². The molecule has 1 unspecified atom stereocenters. The van der Waals surface area contributed by atoms with E-state index in [1.54, 1.807) is 0 Å². The number of aliphatic carboxylic acids is 1. The molecule has 0 spiro atoms. The number of aliphatic imine (C=N–C) groups is 1. The molecule has 0 radical (unpaired) electrons. The number of nitrogens with two attached hydrogens (primary N) is 3. The Labute approximate surface area is 131 Å². The molecule has 0 saturated carbocycles. The number of carbonyl (C=O) groups is 2. The van der Waals surface area contributed by atoms with E-state index in [-0.39, 0.29) is 46.6 Å². The molecule has 0 aromatic rings. The Hall–Kier alpha value is -0.770. The summed E-state index contributed by atoms with van der Waals surface area (Å²) >= 11 is 0. The van der Waals surface area contributed by atoms with Gasteiger partial charge in [-0.3, -0.25) is 9.79 Å². The largest absolute Gasteiger partial charge is 2.00 e. The van der Waals surface area contributed by atoms with E-state index in [0.717, 1.165) is 0 Å². The van der Waals surface area contributed by atoms with E-state index in [1.807, 2.05) is 0 Å². The second-order valence-electron chi connectivity index (χ2n) is 2.68. The van der Waals surface area contributed by atoms with E-state index in [2.05, 4.69) is 4.99 Å². The van der Waals surface area contributed by atoms with Gasteiger partial charge in [-0.15, -0.1) is 0 Å². The van der Waals surface area contributed by atoms with E-state index in [0.29, 0.717) is 19.4 Å². The monoisotopic (exact) mass is 278 g/mol. The Bertz CT molecular complexity index is 262. The molecule has 0 saturated heterocycles. The third-order valence-corrected chi connectivity index (χ3v) is 1.28. The summed E-state index contributed by atoms with van der Waals surface area (Å²) in [6.07, 6.45) is -0.878. The van der Waals surface area contributed by atoms with Gasteiger partial charge in [0, 0.05) is 6.54 Å². The number of carboxylic acid groups (broad SMARTS) is 3. The third kappa shape index (κ3) is 25.5. The number of rotatable bonds is 5. The molecule has 0 fully saturated rings. The van der Waals surface area contributed by atoms with Gasteiger partial charge in [-0.2, -0.15) is 0 Å². The number of hydrogen-bond donors (Lipinski definition) is 6. The van der Waals surface area contributed by atoms with Crippen LogP contribution in [0.2, 0.25) is 0 Å². The van der Waals surface area contributed by atoms with Gasteiger partial charge in [-0.05, 0) is 12.8 Å². The minimum Gasteiger partial charge on any atom is -1.00 e. The molecule has 0 aromatic carbocycles. The van der Waals surface area contributed by atoms with Gasteiger partial charge in [0.1, 0.15) is 6.04 Å². The summed E-state index contributed by atoms with van der Waals surface area (Å²) in [6.45, 7) is 0.420. The van der Waals surface area contributed by atoms with Crippen molar-refractivity contribution in [3.05, 3.63) is 0 Å². The van der Waals surface area contributed by atoms with Gasteiger partial charge in [0.2, 0.25) is 0 Å². The predicted molar refractivity (Wildman–Crippen MR) is 64.2 cm³/mol. The normalized spacial score (nSPS) is 9.94. The van der Waals surface area contributed by atoms with Crippen LogP contribution in [0.1, 0.15) is 15.7 Å². The number of carboxylic acids is 1. The molecule has 1 atom stereocenters. The quantitative estimate of drug-likeness (QED) is 0.152. The SMILES string of the molecule is NC(N)=NCCCC(N)C(=O)O.O=C(O)O.[Ca+2].[H-].[H-]. The Morgan fingerprint density at radius 2 is 1.65 bits per heavy atom. The van der Waals surface area contributed by atoms with Gasteiger partial charge in [-0.1, -0.05) is 0 Å². The van der Waals surface area contributed by atoms with Gasteiger partial charge in [0.15, 0.2) is 5.96 Å². The van der Waals surface area contributed by atoms with Gasteiger partial charge >= 0.3 is 49.9 Å². The van der Waals surface area contributed by atoms with Crippen molar-refractivity contribution in [2.24, 2.45) is 22.2 Å². The van der Waals surface area contributed by atoms with Crippen LogP contribution < -0.4 is 17.2 Å². The van der Waals surface area contributed by atoms with Crippen molar-refractivity contribution in [3.8, 4) is 0 Å². The molecule has 0 aliphatic rings. The van der Waals surface area contributed by atoms with E-state index in [4.69, 9.17) is 37.3 Å². The molecule has 0 aliphatic carbocycles. The minimum absolute atomic E-state index is 0. The van der Waals surface area contributed by atoms with Crippen LogP contribution in [0.15, 0.2) is 4.99 Å². The van der Waals surface area contributed by atoms with Crippen LogP contribution in [0.3, 0.4) is 0 Å². The molecule has 0 aliphatic heterocycles. The topological polar surface area (TPSA) is 185 Å². The fourth-order valence-electron chi connectivity index (χ4n) is 0.643. The van der Waals surface area contributed by atoms with Crippen molar-refractivity contribution in [2.75, 3.05) is 6.54 Å². The summed E-state index contributed by atoms with van der Waals surface area (Å²) in [5, 5.41) is 22.3. The number of nitrogens with zero attached hydrogens (tertiary/aromatic N) is 1. The third-order valence-electron chi connectivity index (χ3n) is 1.28. The Kier molecular flexibility index (Phi) is 16.8. The number of hydrogen-bond acceptors (Lipinski definition) is 4. The van der Waals surface area contributed by atoms with Crippen molar-refractivity contribution < 1.29 is 27.8 Å². The van der Waals surface area contributed by atoms with Crippen molar-refractivity contribution in [2.45, 2.75) is 18.9 Å². The maximum absolute atomic E-state index is 10.2. The van der Waals surface area contributed by atoms with E-state index in [1.165, 1.54) is 0 Å². The maximum Gasteiger partial charge on any atom is 2.00 e. The summed E-state index contributed by atoms with van der Waals surface area (Å²) in [7, 11) is 0. The van der Waals surface area contributed by atoms with Gasteiger partial charge in [-0.25, -0.2) is 4.79 Å². The first kappa shape index (κ1) is 21.5. The maximum atomic E-state index is 10.2. The average molecular weight is 278 g/mol. The van der Waals surface area contributed by atoms with E-state index in [9.17, 15) is 4.79 Å². The minimum atomic E-state index is -1.83. The molecule has 9 nitrogen and oxygen atoms in total. The predicted octanol–water partition coefficient (Wildman–Crippen LogP) is -1.48. The standard InChI is InChI=1S/C6H14N4O2.CH2O3.Ca.2H/c7-4(5(11)12)2-1-3-10-6(8)9;2-1(3)4;;;/h4H,1-3,7H2,(H,11,12)(H4,8,9,10);(H2,2,3,4);;;/q;;+2;2*-1. The molecule has 0 bridgehead atoms. The van der Waals surface area contributed by atoms with Crippen LogP contribution in [0, 0.1) is 0 Å². The zero-order valence-corrected chi connectivity index (χ0v) is 11.5. The van der Waals surface area contributed by atoms with Crippen LogP contribution in [0.25, 0.3) is 0 Å². The average Bonchev–Trinajstić information content (AvgIpc) is 2.10. The smallest absolute Gasteiger partial charge is 1.00 e. The molecule has 98 valence electrons. The van der Waals surface area contributed by atoms with Gasteiger partial charge in [0.05, 0.1) is 0 Å². The summed E-state index contributed by atoms with van der Waals surface area (Å²) in [5.74, 6) is -0.987. The molecule has 0 rings (SSSR count). The van der Waals surface area contributed by atoms with Crippen LogP contribution >= 0.6 is 0 Å². The molecule has 0 amide bonds. The molecule has 0 heterocycles. The summed E-state index contributed by atoms with van der Waals surface area (Å²) in [6, 6.07) is -0.820. The molecule has 17 heavy (non-hydrogen) atoms. The first-order valence-electron chi connectivity index (χ1n) is 4.23. The summed E-state index contributed by atoms with van der Waals surface area (Å²) < 4.78 is 0. The van der Waals surface area contributed by atoms with Gasteiger partial charge in [0.25, 0.3) is 0 Å². The van der Waals surface area contributed by atoms with Crippen LogP contribution in [-0.4, -0.2) is 83.7 Å². The molecular weight excluding hydrogens is 260 g/mol. The number of guanidine groups is 1. The Balaban J connectivity index is -0.0000000827. The van der Waals surface area contributed by atoms with Crippen molar-refractivity contribution in [1.29, 1.82) is 0 Å². The van der Waals surface area contributed by atoms with Crippen LogP contribution in [0.5, 0.6) is 0 Å². The fraction of sp³-hybridized carbons (Fsp3) is 0.571. The van der Waals surface area contributed by atoms with E-state index >= 15 is 0 Å². The van der Waals surface area contributed by atoms with Crippen LogP contribution in [0.4, 0.5) is 4.79 Å². The Morgan fingerprint density at radius 1 is 1.24 bits per heavy atom. The summed E-state index contributed by atoms with van der Waals surface area (Å²) in [5.41, 5.74) is 15.3. The second-order valence-corrected chi connectivity index (χ2v) is 2.68. The van der Waals surface area contributed by atoms with E-state index < -0.39 is 18.2 Å². The molecule has 10 heteroatoms. The first-order chi connectivity index (χ1) is 7.27. The van der Waals surface area contributed by atoms with Crippen molar-refractivity contribution in [3.63, 3.8) is 0 Å². The summed E-state index contributed by atoms with van der Waals surface area (Å²) in [4.78, 5) is 22.5. The molecular formula is C7H18CaN4O5. The zero-order chi connectivity index (χ0) is 13.1. The zero-order valence-electron chi connectivity index (χ0n) is 11.2. The Morgan fingerprint density at radius 3 is 1.94 bits per heavy atom. The second kappa shape index (κ2) is 13.3. The van der Waals surface area contributed by atoms with Gasteiger partial charge < -0.3 is 35.4 Å². The molecule has 0 aromatic heterocycles. The molecule has 9 N–H and O–H groups in total. The first-order valence-corrected chi connectivity index (χ1v) is 4.23. The van der Waals surface area contributed by atoms with Crippen molar-refractivity contribution >= 4 is 55.8 Å². The van der Waals surface area contributed by atoms with Crippen LogP contribution in [-0.2, 0) is 4.79 Å².